The van der Waals surface area contributed by atoms with Gasteiger partial charge in [-0.15, -0.1) is 0 Å². The minimum Gasteiger partial charge on any atom is -0.493 e. The molecule has 9 nitrogen and oxygen atoms in total. The summed E-state index contributed by atoms with van der Waals surface area (Å²) in [6.07, 6.45) is 2.75. The molecule has 3 aromatic rings. The van der Waals surface area contributed by atoms with Gasteiger partial charge in [-0.05, 0) is 78.9 Å². The molecule has 0 heterocycles. The molecule has 1 N–H and O–H groups in total. The van der Waals surface area contributed by atoms with Gasteiger partial charge in [0, 0.05) is 18.2 Å². The number of hydrogen-bond donors (Lipinski definition) is 1. The maximum atomic E-state index is 12.4. The normalized spacial score (nSPS) is 10.0. The van der Waals surface area contributed by atoms with Gasteiger partial charge in [0.2, 0.25) is 5.91 Å². The first-order valence-electron chi connectivity index (χ1n) is 11.5. The molecule has 0 atom stereocenters. The van der Waals surface area contributed by atoms with Crippen molar-refractivity contribution < 1.29 is 38.1 Å². The zero-order valence-electron chi connectivity index (χ0n) is 20.4. The van der Waals surface area contributed by atoms with E-state index in [2.05, 4.69) is 18.5 Å². The monoisotopic (exact) mass is 515 g/mol. The van der Waals surface area contributed by atoms with E-state index in [-0.39, 0.29) is 24.0 Å². The number of nitrogens with one attached hydrogen (secondary N) is 1. The molecule has 0 unspecified atom stereocenters. The van der Waals surface area contributed by atoms with E-state index >= 15 is 0 Å². The first kappa shape index (κ1) is 27.4. The number of esters is 3. The standard InChI is InChI=1S/C29H25NO8/c1-3-26(31)30-22-10-6-20(7-11-22)28(33)37-24-14-16-25(17-15-24)38-29(34)21-8-12-23(13-9-21)35-18-5-19-36-27(32)4-2/h3-4,6-17H,1-2,5,18-19H2,(H,30,31). The van der Waals surface area contributed by atoms with E-state index in [1.54, 1.807) is 36.4 Å². The fraction of sp³-hybridized carbons (Fsp3) is 0.103. The Bertz CT molecular complexity index is 1300. The molecule has 0 saturated heterocycles. The summed E-state index contributed by atoms with van der Waals surface area (Å²) >= 11 is 0. The van der Waals surface area contributed by atoms with Gasteiger partial charge in [-0.2, -0.15) is 0 Å². The number of hydrogen-bond acceptors (Lipinski definition) is 8. The Labute approximate surface area is 219 Å². The van der Waals surface area contributed by atoms with Crippen LogP contribution in [0.3, 0.4) is 0 Å². The van der Waals surface area contributed by atoms with Crippen LogP contribution in [0.5, 0.6) is 17.2 Å². The number of carbonyl (C=O) groups is 4. The van der Waals surface area contributed by atoms with Crippen molar-refractivity contribution in [1.29, 1.82) is 0 Å². The van der Waals surface area contributed by atoms with Crippen LogP contribution in [0.25, 0.3) is 0 Å². The number of amides is 1. The predicted molar refractivity (Wildman–Crippen MR) is 139 cm³/mol. The summed E-state index contributed by atoms with van der Waals surface area (Å²) < 4.78 is 21.1. The van der Waals surface area contributed by atoms with Gasteiger partial charge in [0.1, 0.15) is 17.2 Å². The predicted octanol–water partition coefficient (Wildman–Crippen LogP) is 4.75. The van der Waals surface area contributed by atoms with Crippen LogP contribution in [0.1, 0.15) is 27.1 Å². The second-order valence-electron chi connectivity index (χ2n) is 7.62. The summed E-state index contributed by atoms with van der Waals surface area (Å²) in [4.78, 5) is 47.1. The molecule has 0 radical (unpaired) electrons. The highest BCUT2D eigenvalue weighted by Crippen LogP contribution is 2.21. The maximum Gasteiger partial charge on any atom is 0.343 e. The Morgan fingerprint density at radius 1 is 0.658 bits per heavy atom. The number of anilines is 1. The number of rotatable bonds is 12. The lowest BCUT2D eigenvalue weighted by Gasteiger charge is -2.09. The summed E-state index contributed by atoms with van der Waals surface area (Å²) in [5.74, 6) is -0.907. The Morgan fingerprint density at radius 2 is 1.16 bits per heavy atom. The van der Waals surface area contributed by atoms with Crippen molar-refractivity contribution in [3.8, 4) is 17.2 Å². The summed E-state index contributed by atoms with van der Waals surface area (Å²) in [7, 11) is 0. The van der Waals surface area contributed by atoms with Crippen LogP contribution < -0.4 is 19.5 Å². The summed E-state index contributed by atoms with van der Waals surface area (Å²) in [5.41, 5.74) is 1.13. The molecule has 0 saturated carbocycles. The molecule has 38 heavy (non-hydrogen) atoms. The minimum absolute atomic E-state index is 0.220. The van der Waals surface area contributed by atoms with Crippen molar-refractivity contribution in [2.45, 2.75) is 6.42 Å². The molecule has 0 aliphatic carbocycles. The quantitative estimate of drug-likeness (QED) is 0.159. The average Bonchev–Trinajstić information content (AvgIpc) is 2.94. The van der Waals surface area contributed by atoms with Gasteiger partial charge in [-0.3, -0.25) is 4.79 Å². The molecule has 1 amide bonds. The van der Waals surface area contributed by atoms with Crippen molar-refractivity contribution in [3.63, 3.8) is 0 Å². The van der Waals surface area contributed by atoms with Gasteiger partial charge in [-0.1, -0.05) is 13.2 Å². The van der Waals surface area contributed by atoms with Gasteiger partial charge < -0.3 is 24.3 Å². The molecule has 0 aliphatic heterocycles. The molecule has 3 rings (SSSR count). The van der Waals surface area contributed by atoms with Crippen molar-refractivity contribution in [2.24, 2.45) is 0 Å². The first-order chi connectivity index (χ1) is 18.4. The lowest BCUT2D eigenvalue weighted by molar-refractivity contribution is -0.137. The zero-order valence-corrected chi connectivity index (χ0v) is 20.4. The van der Waals surface area contributed by atoms with E-state index in [1.165, 1.54) is 36.4 Å². The van der Waals surface area contributed by atoms with E-state index in [4.69, 9.17) is 18.9 Å². The third-order valence-corrected chi connectivity index (χ3v) is 4.88. The fourth-order valence-electron chi connectivity index (χ4n) is 2.96. The highest BCUT2D eigenvalue weighted by molar-refractivity contribution is 5.99. The lowest BCUT2D eigenvalue weighted by atomic mass is 10.2. The Kier molecular flexibility index (Phi) is 9.94. The van der Waals surface area contributed by atoms with Crippen molar-refractivity contribution >= 4 is 29.5 Å². The highest BCUT2D eigenvalue weighted by atomic mass is 16.5. The summed E-state index contributed by atoms with van der Waals surface area (Å²) in [6, 6.07) is 18.6. The molecular formula is C29H25NO8. The van der Waals surface area contributed by atoms with Crippen molar-refractivity contribution in [2.75, 3.05) is 18.5 Å². The van der Waals surface area contributed by atoms with E-state index in [1.807, 2.05) is 0 Å². The zero-order chi connectivity index (χ0) is 27.3. The smallest absolute Gasteiger partial charge is 0.343 e. The molecule has 194 valence electrons. The van der Waals surface area contributed by atoms with E-state index in [9.17, 15) is 19.2 Å². The fourth-order valence-corrected chi connectivity index (χ4v) is 2.96. The van der Waals surface area contributed by atoms with Gasteiger partial charge in [-0.25, -0.2) is 14.4 Å². The lowest BCUT2D eigenvalue weighted by Crippen LogP contribution is -2.10. The third kappa shape index (κ3) is 8.49. The van der Waals surface area contributed by atoms with Crippen LogP contribution in [-0.4, -0.2) is 37.0 Å². The molecule has 0 spiro atoms. The van der Waals surface area contributed by atoms with E-state index < -0.39 is 17.9 Å². The Morgan fingerprint density at radius 3 is 1.66 bits per heavy atom. The topological polar surface area (TPSA) is 117 Å². The molecule has 0 aromatic heterocycles. The maximum absolute atomic E-state index is 12.4. The van der Waals surface area contributed by atoms with Crippen molar-refractivity contribution in [3.05, 3.63) is 109 Å². The van der Waals surface area contributed by atoms with Crippen molar-refractivity contribution in [1.82, 2.24) is 0 Å². The minimum atomic E-state index is -0.587. The second kappa shape index (κ2) is 13.8. The Balaban J connectivity index is 1.46. The molecule has 0 aliphatic rings. The number of benzene rings is 3. The summed E-state index contributed by atoms with van der Waals surface area (Å²) in [5, 5.41) is 2.59. The number of ether oxygens (including phenoxy) is 4. The van der Waals surface area contributed by atoms with Gasteiger partial charge in [0.15, 0.2) is 0 Å². The SMILES string of the molecule is C=CC(=O)Nc1ccc(C(=O)Oc2ccc(OC(=O)c3ccc(OCCCOC(=O)C=C)cc3)cc2)cc1. The van der Waals surface area contributed by atoms with Crippen LogP contribution in [0.15, 0.2) is 98.1 Å². The van der Waals surface area contributed by atoms with Crippen LogP contribution in [0, 0.1) is 0 Å². The van der Waals surface area contributed by atoms with Crippen LogP contribution in [0.2, 0.25) is 0 Å². The number of carbonyl (C=O) groups excluding carboxylic acids is 4. The van der Waals surface area contributed by atoms with Gasteiger partial charge in [0.05, 0.1) is 24.3 Å². The molecular weight excluding hydrogens is 490 g/mol. The third-order valence-electron chi connectivity index (χ3n) is 4.88. The van der Waals surface area contributed by atoms with Gasteiger partial charge in [0.25, 0.3) is 0 Å². The average molecular weight is 516 g/mol. The molecule has 0 bridgehead atoms. The van der Waals surface area contributed by atoms with Crippen LogP contribution >= 0.6 is 0 Å². The van der Waals surface area contributed by atoms with E-state index in [0.717, 1.165) is 12.2 Å². The second-order valence-corrected chi connectivity index (χ2v) is 7.62. The van der Waals surface area contributed by atoms with E-state index in [0.29, 0.717) is 35.6 Å². The highest BCUT2D eigenvalue weighted by Gasteiger charge is 2.12. The molecule has 3 aromatic carbocycles. The molecule has 9 heteroatoms. The van der Waals surface area contributed by atoms with Gasteiger partial charge >= 0.3 is 17.9 Å². The van der Waals surface area contributed by atoms with Crippen LogP contribution in [0.4, 0.5) is 5.69 Å². The Hall–Kier alpha value is -5.18. The largest absolute Gasteiger partial charge is 0.493 e. The molecule has 0 fully saturated rings. The van der Waals surface area contributed by atoms with Crippen LogP contribution in [-0.2, 0) is 14.3 Å². The first-order valence-corrected chi connectivity index (χ1v) is 11.5. The summed E-state index contributed by atoms with van der Waals surface area (Å²) in [6.45, 7) is 7.25.